The van der Waals surface area contributed by atoms with E-state index in [4.69, 9.17) is 4.74 Å². The van der Waals surface area contributed by atoms with E-state index in [-0.39, 0.29) is 5.91 Å². The summed E-state index contributed by atoms with van der Waals surface area (Å²) in [5.74, 6) is 3.09. The number of ether oxygens (including phenoxy) is 1. The van der Waals surface area contributed by atoms with Gasteiger partial charge in [-0.05, 0) is 30.2 Å². The van der Waals surface area contributed by atoms with Crippen LogP contribution in [-0.4, -0.2) is 42.0 Å². The van der Waals surface area contributed by atoms with Crippen LogP contribution in [-0.2, 0) is 4.79 Å². The highest BCUT2D eigenvalue weighted by Crippen LogP contribution is 2.14. The summed E-state index contributed by atoms with van der Waals surface area (Å²) in [6.07, 6.45) is 5.76. The quantitative estimate of drug-likeness (QED) is 0.595. The van der Waals surface area contributed by atoms with Gasteiger partial charge in [-0.25, -0.2) is 0 Å². The largest absolute Gasteiger partial charge is 0.494 e. The van der Waals surface area contributed by atoms with Crippen LogP contribution in [0.5, 0.6) is 5.75 Å². The number of carbonyl (C=O) groups excluding carboxylic acids is 1. The summed E-state index contributed by atoms with van der Waals surface area (Å²) in [5, 5.41) is 0. The second-order valence-corrected chi connectivity index (χ2v) is 6.27. The molecule has 114 valence electrons. The van der Waals surface area contributed by atoms with Crippen LogP contribution in [0.1, 0.15) is 25.3 Å². The number of rotatable bonds is 6. The van der Waals surface area contributed by atoms with Crippen LogP contribution in [0.15, 0.2) is 30.3 Å². The van der Waals surface area contributed by atoms with Gasteiger partial charge in [0.1, 0.15) is 5.75 Å². The fourth-order valence-corrected chi connectivity index (χ4v) is 2.97. The van der Waals surface area contributed by atoms with Crippen LogP contribution in [0.25, 0.3) is 6.08 Å². The summed E-state index contributed by atoms with van der Waals surface area (Å²) in [6.45, 7) is 4.63. The summed E-state index contributed by atoms with van der Waals surface area (Å²) in [5.41, 5.74) is 1.03. The SMILES string of the molecule is CCCCOc1ccc(/C=C/C(=O)N2CCSCC2)cc1. The Balaban J connectivity index is 1.84. The molecule has 0 aromatic heterocycles. The number of hydrogen-bond donors (Lipinski definition) is 0. The molecule has 1 saturated heterocycles. The molecule has 1 fully saturated rings. The van der Waals surface area contributed by atoms with Crippen LogP contribution in [0.4, 0.5) is 0 Å². The lowest BCUT2D eigenvalue weighted by molar-refractivity contribution is -0.125. The van der Waals surface area contributed by atoms with Crippen LogP contribution in [0, 0.1) is 0 Å². The van der Waals surface area contributed by atoms with Gasteiger partial charge in [0.2, 0.25) is 5.91 Å². The smallest absolute Gasteiger partial charge is 0.246 e. The molecule has 21 heavy (non-hydrogen) atoms. The average Bonchev–Trinajstić information content (AvgIpc) is 2.55. The van der Waals surface area contributed by atoms with Crippen LogP contribution < -0.4 is 4.74 Å². The van der Waals surface area contributed by atoms with Gasteiger partial charge in [0.05, 0.1) is 6.61 Å². The molecule has 1 aromatic rings. The fraction of sp³-hybridized carbons (Fsp3) is 0.471. The normalized spacial score (nSPS) is 15.4. The second kappa shape index (κ2) is 8.78. The van der Waals surface area contributed by atoms with Gasteiger partial charge in [-0.1, -0.05) is 25.5 Å². The summed E-state index contributed by atoms with van der Waals surface area (Å²) in [7, 11) is 0. The molecule has 0 N–H and O–H groups in total. The molecule has 0 aliphatic carbocycles. The maximum absolute atomic E-state index is 12.0. The van der Waals surface area contributed by atoms with Crippen molar-refractivity contribution in [3.8, 4) is 5.75 Å². The first-order chi connectivity index (χ1) is 10.3. The van der Waals surface area contributed by atoms with E-state index in [1.54, 1.807) is 6.08 Å². The second-order valence-electron chi connectivity index (χ2n) is 5.04. The zero-order valence-electron chi connectivity index (χ0n) is 12.6. The molecule has 0 radical (unpaired) electrons. The molecule has 3 nitrogen and oxygen atoms in total. The molecule has 0 unspecified atom stereocenters. The minimum atomic E-state index is 0.110. The number of carbonyl (C=O) groups is 1. The third-order valence-electron chi connectivity index (χ3n) is 3.39. The average molecular weight is 305 g/mol. The van der Waals surface area contributed by atoms with Crippen LogP contribution in [0.3, 0.4) is 0 Å². The molecular formula is C17H23NO2S. The van der Waals surface area contributed by atoms with Crippen LogP contribution >= 0.6 is 11.8 Å². The van der Waals surface area contributed by atoms with E-state index in [9.17, 15) is 4.79 Å². The number of hydrogen-bond acceptors (Lipinski definition) is 3. The maximum atomic E-state index is 12.0. The first-order valence-electron chi connectivity index (χ1n) is 7.57. The van der Waals surface area contributed by atoms with Crippen molar-refractivity contribution in [1.82, 2.24) is 4.90 Å². The van der Waals surface area contributed by atoms with Crippen LogP contribution in [0.2, 0.25) is 0 Å². The first-order valence-corrected chi connectivity index (χ1v) is 8.72. The number of nitrogens with zero attached hydrogens (tertiary/aromatic N) is 1. The lowest BCUT2D eigenvalue weighted by Crippen LogP contribution is -2.36. The van der Waals surface area contributed by atoms with Crippen molar-refractivity contribution in [2.45, 2.75) is 19.8 Å². The van der Waals surface area contributed by atoms with E-state index in [0.29, 0.717) is 0 Å². The third kappa shape index (κ3) is 5.46. The van der Waals surface area contributed by atoms with Gasteiger partial charge in [-0.2, -0.15) is 11.8 Å². The molecular weight excluding hydrogens is 282 g/mol. The Labute approximate surface area is 131 Å². The zero-order chi connectivity index (χ0) is 14.9. The van der Waals surface area contributed by atoms with Gasteiger partial charge in [-0.15, -0.1) is 0 Å². The highest BCUT2D eigenvalue weighted by molar-refractivity contribution is 7.99. The number of benzene rings is 1. The first kappa shape index (κ1) is 16.0. The van der Waals surface area contributed by atoms with Crippen molar-refractivity contribution >= 4 is 23.7 Å². The Bertz CT molecular complexity index is 464. The highest BCUT2D eigenvalue weighted by Gasteiger charge is 2.13. The molecule has 0 bridgehead atoms. The van der Waals surface area contributed by atoms with E-state index in [0.717, 1.165) is 55.4 Å². The van der Waals surface area contributed by atoms with Crippen molar-refractivity contribution in [3.05, 3.63) is 35.9 Å². The van der Waals surface area contributed by atoms with E-state index in [2.05, 4.69) is 6.92 Å². The van der Waals surface area contributed by atoms with Crippen molar-refractivity contribution in [2.24, 2.45) is 0 Å². The maximum Gasteiger partial charge on any atom is 0.246 e. The molecule has 1 amide bonds. The predicted octanol–water partition coefficient (Wildman–Crippen LogP) is 3.45. The number of unbranched alkanes of at least 4 members (excludes halogenated alkanes) is 1. The topological polar surface area (TPSA) is 29.5 Å². The van der Waals surface area contributed by atoms with Crippen molar-refractivity contribution < 1.29 is 9.53 Å². The molecule has 2 rings (SSSR count). The van der Waals surface area contributed by atoms with Crippen molar-refractivity contribution in [1.29, 1.82) is 0 Å². The third-order valence-corrected chi connectivity index (χ3v) is 4.33. The standard InChI is InChI=1S/C17H23NO2S/c1-2-3-12-20-16-7-4-15(5-8-16)6-9-17(19)18-10-13-21-14-11-18/h4-9H,2-3,10-14H2,1H3/b9-6+. The molecule has 0 spiro atoms. The van der Waals surface area contributed by atoms with Gasteiger partial charge in [0.25, 0.3) is 0 Å². The highest BCUT2D eigenvalue weighted by atomic mass is 32.2. The van der Waals surface area contributed by atoms with E-state index in [1.807, 2.05) is 47.0 Å². The molecule has 1 aliphatic heterocycles. The molecule has 4 heteroatoms. The lowest BCUT2D eigenvalue weighted by atomic mass is 10.2. The molecule has 1 aliphatic rings. The van der Waals surface area contributed by atoms with Gasteiger partial charge in [0, 0.05) is 30.7 Å². The minimum Gasteiger partial charge on any atom is -0.494 e. The molecule has 0 atom stereocenters. The van der Waals surface area contributed by atoms with Gasteiger partial charge in [0.15, 0.2) is 0 Å². The molecule has 1 aromatic carbocycles. The number of amides is 1. The Morgan fingerprint density at radius 1 is 1.29 bits per heavy atom. The summed E-state index contributed by atoms with van der Waals surface area (Å²) in [4.78, 5) is 13.9. The zero-order valence-corrected chi connectivity index (χ0v) is 13.4. The van der Waals surface area contributed by atoms with E-state index >= 15 is 0 Å². The van der Waals surface area contributed by atoms with Crippen molar-refractivity contribution in [2.75, 3.05) is 31.2 Å². The monoisotopic (exact) mass is 305 g/mol. The van der Waals surface area contributed by atoms with Gasteiger partial charge < -0.3 is 9.64 Å². The summed E-state index contributed by atoms with van der Waals surface area (Å²) < 4.78 is 5.62. The minimum absolute atomic E-state index is 0.110. The Kier molecular flexibility index (Phi) is 6.67. The Hall–Kier alpha value is -1.42. The predicted molar refractivity (Wildman–Crippen MR) is 89.8 cm³/mol. The number of thioether (sulfide) groups is 1. The summed E-state index contributed by atoms with van der Waals surface area (Å²) >= 11 is 1.91. The Morgan fingerprint density at radius 2 is 2.00 bits per heavy atom. The van der Waals surface area contributed by atoms with E-state index < -0.39 is 0 Å². The summed E-state index contributed by atoms with van der Waals surface area (Å²) in [6, 6.07) is 7.88. The Morgan fingerprint density at radius 3 is 2.67 bits per heavy atom. The van der Waals surface area contributed by atoms with Gasteiger partial charge >= 0.3 is 0 Å². The molecule has 0 saturated carbocycles. The molecule has 1 heterocycles. The van der Waals surface area contributed by atoms with Crippen molar-refractivity contribution in [3.63, 3.8) is 0 Å². The fourth-order valence-electron chi connectivity index (χ4n) is 2.07. The van der Waals surface area contributed by atoms with Gasteiger partial charge in [-0.3, -0.25) is 4.79 Å². The lowest BCUT2D eigenvalue weighted by Gasteiger charge is -2.25. The van der Waals surface area contributed by atoms with E-state index in [1.165, 1.54) is 0 Å².